The Hall–Kier alpha value is -2.34. The van der Waals surface area contributed by atoms with Crippen LogP contribution in [0.2, 0.25) is 0 Å². The molecule has 1 fully saturated rings. The van der Waals surface area contributed by atoms with Crippen molar-refractivity contribution in [1.29, 1.82) is 0 Å². The lowest BCUT2D eigenvalue weighted by Crippen LogP contribution is -2.35. The first-order valence-electron chi connectivity index (χ1n) is 10.9. The van der Waals surface area contributed by atoms with E-state index in [9.17, 15) is 4.79 Å². The molecule has 2 aliphatic rings. The molecule has 0 radical (unpaired) electrons. The fourth-order valence-corrected chi connectivity index (χ4v) is 4.60. The molecule has 0 spiro atoms. The zero-order valence-electron chi connectivity index (χ0n) is 17.6. The number of ether oxygens (including phenoxy) is 1. The summed E-state index contributed by atoms with van der Waals surface area (Å²) in [5.41, 5.74) is 4.29. The van der Waals surface area contributed by atoms with E-state index in [0.717, 1.165) is 76.0 Å². The van der Waals surface area contributed by atoms with Gasteiger partial charge in [0.1, 0.15) is 5.75 Å². The van der Waals surface area contributed by atoms with Crippen LogP contribution >= 0.6 is 0 Å². The second-order valence-electron chi connectivity index (χ2n) is 8.13. The van der Waals surface area contributed by atoms with E-state index < -0.39 is 0 Å². The van der Waals surface area contributed by atoms with Crippen LogP contribution in [0, 0.1) is 0 Å². The van der Waals surface area contributed by atoms with E-state index in [0.29, 0.717) is 11.7 Å². The van der Waals surface area contributed by atoms with Crippen molar-refractivity contribution in [2.75, 3.05) is 20.2 Å². The second kappa shape index (κ2) is 8.99. The monoisotopic (exact) mass is 396 g/mol. The lowest BCUT2D eigenvalue weighted by atomic mass is 9.91. The number of para-hydroxylation sites is 1. The molecule has 1 amide bonds. The van der Waals surface area contributed by atoms with E-state index in [1.807, 2.05) is 23.1 Å². The molecule has 6 heteroatoms. The van der Waals surface area contributed by atoms with Crippen molar-refractivity contribution in [2.45, 2.75) is 64.6 Å². The molecule has 29 heavy (non-hydrogen) atoms. The summed E-state index contributed by atoms with van der Waals surface area (Å²) >= 11 is 0. The van der Waals surface area contributed by atoms with Crippen molar-refractivity contribution in [2.24, 2.45) is 0 Å². The van der Waals surface area contributed by atoms with Gasteiger partial charge in [-0.3, -0.25) is 9.48 Å². The highest BCUT2D eigenvalue weighted by Crippen LogP contribution is 2.27. The van der Waals surface area contributed by atoms with E-state index in [4.69, 9.17) is 9.84 Å². The predicted octanol–water partition coefficient (Wildman–Crippen LogP) is 3.18. The molecular weight excluding hydrogens is 364 g/mol. The molecule has 0 bridgehead atoms. The molecule has 1 N–H and O–H groups in total. The average Bonchev–Trinajstić information content (AvgIpc) is 3.41. The van der Waals surface area contributed by atoms with Crippen LogP contribution in [0.1, 0.15) is 59.9 Å². The summed E-state index contributed by atoms with van der Waals surface area (Å²) in [6.45, 7) is 5.54. The van der Waals surface area contributed by atoms with Gasteiger partial charge in [0.15, 0.2) is 5.69 Å². The molecule has 1 atom stereocenters. The van der Waals surface area contributed by atoms with Gasteiger partial charge in [0.25, 0.3) is 5.91 Å². The smallest absolute Gasteiger partial charge is 0.274 e. The number of aryl methyl sites for hydroxylation is 1. The third kappa shape index (κ3) is 4.17. The van der Waals surface area contributed by atoms with Crippen LogP contribution in [-0.2, 0) is 25.9 Å². The van der Waals surface area contributed by atoms with E-state index in [1.54, 1.807) is 7.11 Å². The zero-order valence-corrected chi connectivity index (χ0v) is 17.6. The molecule has 2 heterocycles. The van der Waals surface area contributed by atoms with E-state index in [-0.39, 0.29) is 5.91 Å². The summed E-state index contributed by atoms with van der Waals surface area (Å²) in [7, 11) is 1.71. The Kier molecular flexibility index (Phi) is 6.19. The number of carbonyl (C=O) groups is 1. The Morgan fingerprint density at radius 2 is 2.07 bits per heavy atom. The fraction of sp³-hybridized carbons (Fsp3) is 0.565. The number of nitrogens with zero attached hydrogens (tertiary/aromatic N) is 3. The zero-order chi connectivity index (χ0) is 20.2. The quantitative estimate of drug-likeness (QED) is 0.781. The molecule has 1 aliphatic carbocycles. The first-order chi connectivity index (χ1) is 14.2. The molecule has 2 aromatic rings. The largest absolute Gasteiger partial charge is 0.496 e. The standard InChI is InChI=1S/C23H32N4O2/c1-3-12-27-20-11-10-18(24-16-17-8-4-5-9-21(17)29-2)15-19(20)22(25-27)23(28)26-13-6-7-14-26/h4-5,8-9,18,24H,3,6-7,10-16H2,1-2H3/t18-/m1/s1. The minimum atomic E-state index is 0.124. The minimum Gasteiger partial charge on any atom is -0.496 e. The van der Waals surface area contributed by atoms with Crippen LogP contribution in [0.5, 0.6) is 5.75 Å². The number of nitrogens with one attached hydrogen (secondary N) is 1. The van der Waals surface area contributed by atoms with Gasteiger partial charge in [-0.15, -0.1) is 0 Å². The third-order valence-electron chi connectivity index (χ3n) is 6.15. The Labute approximate surface area is 173 Å². The van der Waals surface area contributed by atoms with Gasteiger partial charge in [0.05, 0.1) is 7.11 Å². The topological polar surface area (TPSA) is 59.4 Å². The van der Waals surface area contributed by atoms with Crippen LogP contribution in [0.15, 0.2) is 24.3 Å². The first-order valence-corrected chi connectivity index (χ1v) is 10.9. The Balaban J connectivity index is 1.51. The number of carbonyl (C=O) groups excluding carboxylic acids is 1. The maximum atomic E-state index is 13.1. The number of hydrogen-bond acceptors (Lipinski definition) is 4. The van der Waals surface area contributed by atoms with Crippen molar-refractivity contribution in [1.82, 2.24) is 20.0 Å². The molecule has 1 aromatic heterocycles. The Morgan fingerprint density at radius 1 is 1.28 bits per heavy atom. The fourth-order valence-electron chi connectivity index (χ4n) is 4.60. The highest BCUT2D eigenvalue weighted by molar-refractivity contribution is 5.94. The Bertz CT molecular complexity index is 855. The van der Waals surface area contributed by atoms with Crippen LogP contribution < -0.4 is 10.1 Å². The van der Waals surface area contributed by atoms with Gasteiger partial charge in [-0.25, -0.2) is 0 Å². The van der Waals surface area contributed by atoms with Gasteiger partial charge in [0, 0.05) is 49.0 Å². The van der Waals surface area contributed by atoms with Crippen LogP contribution in [-0.4, -0.2) is 46.8 Å². The molecule has 6 nitrogen and oxygen atoms in total. The molecule has 1 aromatic carbocycles. The maximum Gasteiger partial charge on any atom is 0.274 e. The maximum absolute atomic E-state index is 13.1. The van der Waals surface area contributed by atoms with Gasteiger partial charge in [-0.05, 0) is 44.6 Å². The normalized spacial score (nSPS) is 18.7. The predicted molar refractivity (Wildman–Crippen MR) is 113 cm³/mol. The number of benzene rings is 1. The van der Waals surface area contributed by atoms with Crippen molar-refractivity contribution >= 4 is 5.91 Å². The number of methoxy groups -OCH3 is 1. The number of fused-ring (bicyclic) bond motifs is 1. The number of hydrogen-bond donors (Lipinski definition) is 1. The van der Waals surface area contributed by atoms with Crippen molar-refractivity contribution < 1.29 is 9.53 Å². The van der Waals surface area contributed by atoms with Crippen molar-refractivity contribution in [3.8, 4) is 5.75 Å². The highest BCUT2D eigenvalue weighted by atomic mass is 16.5. The molecule has 0 unspecified atom stereocenters. The summed E-state index contributed by atoms with van der Waals surface area (Å²) in [4.78, 5) is 15.1. The molecule has 156 valence electrons. The number of aromatic nitrogens is 2. The van der Waals surface area contributed by atoms with E-state index >= 15 is 0 Å². The van der Waals surface area contributed by atoms with E-state index in [1.165, 1.54) is 11.3 Å². The number of likely N-dealkylation sites (tertiary alicyclic amines) is 1. The van der Waals surface area contributed by atoms with Gasteiger partial charge in [-0.1, -0.05) is 25.1 Å². The van der Waals surface area contributed by atoms with Crippen LogP contribution in [0.3, 0.4) is 0 Å². The highest BCUT2D eigenvalue weighted by Gasteiger charge is 2.31. The van der Waals surface area contributed by atoms with Gasteiger partial charge < -0.3 is 15.0 Å². The van der Waals surface area contributed by atoms with E-state index in [2.05, 4.69) is 23.0 Å². The number of rotatable bonds is 7. The second-order valence-corrected chi connectivity index (χ2v) is 8.13. The lowest BCUT2D eigenvalue weighted by molar-refractivity contribution is 0.0784. The van der Waals surface area contributed by atoms with Gasteiger partial charge in [-0.2, -0.15) is 5.10 Å². The summed E-state index contributed by atoms with van der Waals surface area (Å²) in [6.07, 6.45) is 6.14. The molecule has 0 saturated carbocycles. The molecule has 1 saturated heterocycles. The van der Waals surface area contributed by atoms with Crippen molar-refractivity contribution in [3.63, 3.8) is 0 Å². The van der Waals surface area contributed by atoms with Crippen molar-refractivity contribution in [3.05, 3.63) is 46.8 Å². The van der Waals surface area contributed by atoms with Crippen LogP contribution in [0.4, 0.5) is 0 Å². The third-order valence-corrected chi connectivity index (χ3v) is 6.15. The average molecular weight is 397 g/mol. The molecule has 4 rings (SSSR count). The summed E-state index contributed by atoms with van der Waals surface area (Å²) in [5.74, 6) is 1.04. The lowest BCUT2D eigenvalue weighted by Gasteiger charge is -2.25. The SMILES string of the molecule is CCCn1nc(C(=O)N2CCCC2)c2c1CC[C@@H](NCc1ccccc1OC)C2. The molecular formula is C23H32N4O2. The summed E-state index contributed by atoms with van der Waals surface area (Å²) in [6, 6.07) is 8.48. The Morgan fingerprint density at radius 3 is 2.83 bits per heavy atom. The summed E-state index contributed by atoms with van der Waals surface area (Å²) < 4.78 is 7.57. The van der Waals surface area contributed by atoms with Crippen LogP contribution in [0.25, 0.3) is 0 Å². The number of amides is 1. The summed E-state index contributed by atoms with van der Waals surface area (Å²) in [5, 5.41) is 8.47. The van der Waals surface area contributed by atoms with Gasteiger partial charge in [0.2, 0.25) is 0 Å². The minimum absolute atomic E-state index is 0.124. The van der Waals surface area contributed by atoms with Gasteiger partial charge >= 0.3 is 0 Å². The first kappa shape index (κ1) is 20.0. The molecule has 1 aliphatic heterocycles.